The molecule has 1 fully saturated rings. The largest absolute Gasteiger partial charge is 0.352 e. The van der Waals surface area contributed by atoms with Crippen LogP contribution in [0, 0.1) is 5.92 Å². The average molecular weight is 276 g/mol. The van der Waals surface area contributed by atoms with Gasteiger partial charge in [0.1, 0.15) is 9.84 Å². The SMILES string of the molecule is CS(=O)(=O)CCC(=O)NC(CN)C1CCCCC1. The first kappa shape index (κ1) is 15.4. The van der Waals surface area contributed by atoms with E-state index in [0.29, 0.717) is 12.5 Å². The average Bonchev–Trinajstić information content (AvgIpc) is 2.33. The molecule has 5 nitrogen and oxygen atoms in total. The zero-order chi connectivity index (χ0) is 13.6. The van der Waals surface area contributed by atoms with Crippen molar-refractivity contribution in [2.45, 2.75) is 44.6 Å². The van der Waals surface area contributed by atoms with Gasteiger partial charge < -0.3 is 11.1 Å². The van der Waals surface area contributed by atoms with Crippen LogP contribution in [-0.4, -0.2) is 38.9 Å². The van der Waals surface area contributed by atoms with Gasteiger partial charge in [-0.15, -0.1) is 0 Å². The zero-order valence-corrected chi connectivity index (χ0v) is 11.8. The third-order valence-electron chi connectivity index (χ3n) is 3.52. The normalized spacial score (nSPS) is 19.4. The number of nitrogens with two attached hydrogens (primary N) is 1. The molecule has 6 heteroatoms. The van der Waals surface area contributed by atoms with Crippen molar-refractivity contribution < 1.29 is 13.2 Å². The van der Waals surface area contributed by atoms with Crippen molar-refractivity contribution in [1.82, 2.24) is 5.32 Å². The standard InChI is InChI=1S/C12H24N2O3S/c1-18(16,17)8-7-12(15)14-11(9-13)10-5-3-2-4-6-10/h10-11H,2-9,13H2,1H3,(H,14,15). The molecule has 1 aliphatic carbocycles. The first-order valence-corrected chi connectivity index (χ1v) is 8.65. The van der Waals surface area contributed by atoms with Crippen LogP contribution in [0.2, 0.25) is 0 Å². The highest BCUT2D eigenvalue weighted by Gasteiger charge is 2.24. The Morgan fingerprint density at radius 3 is 2.44 bits per heavy atom. The van der Waals surface area contributed by atoms with Crippen molar-refractivity contribution >= 4 is 15.7 Å². The zero-order valence-electron chi connectivity index (χ0n) is 11.0. The lowest BCUT2D eigenvalue weighted by Crippen LogP contribution is -2.46. The molecule has 0 aromatic carbocycles. The molecule has 0 aliphatic heterocycles. The molecule has 1 amide bonds. The maximum absolute atomic E-state index is 11.7. The predicted octanol–water partition coefficient (Wildman–Crippen LogP) is 0.445. The molecular formula is C12H24N2O3S. The minimum absolute atomic E-state index is 0.00244. The quantitative estimate of drug-likeness (QED) is 0.737. The Hall–Kier alpha value is -0.620. The minimum Gasteiger partial charge on any atom is -0.352 e. The number of hydrogen-bond donors (Lipinski definition) is 2. The number of carbonyl (C=O) groups excluding carboxylic acids is 1. The summed E-state index contributed by atoms with van der Waals surface area (Å²) in [6.45, 7) is 0.426. The fourth-order valence-electron chi connectivity index (χ4n) is 2.46. The lowest BCUT2D eigenvalue weighted by molar-refractivity contribution is -0.121. The van der Waals surface area contributed by atoms with Gasteiger partial charge in [-0.25, -0.2) is 8.42 Å². The summed E-state index contributed by atoms with van der Waals surface area (Å²) in [5, 5.41) is 2.88. The van der Waals surface area contributed by atoms with E-state index in [1.807, 2.05) is 0 Å². The van der Waals surface area contributed by atoms with Crippen LogP contribution in [0.15, 0.2) is 0 Å². The van der Waals surface area contributed by atoms with Gasteiger partial charge in [0.05, 0.1) is 5.75 Å². The Morgan fingerprint density at radius 2 is 1.94 bits per heavy atom. The predicted molar refractivity (Wildman–Crippen MR) is 71.9 cm³/mol. The number of amides is 1. The molecule has 1 rings (SSSR count). The molecule has 0 aromatic heterocycles. The molecule has 0 aromatic rings. The summed E-state index contributed by atoms with van der Waals surface area (Å²) in [5.41, 5.74) is 5.70. The summed E-state index contributed by atoms with van der Waals surface area (Å²) in [5.74, 6) is 0.147. The first-order valence-electron chi connectivity index (χ1n) is 6.59. The van der Waals surface area contributed by atoms with Gasteiger partial charge in [0.15, 0.2) is 0 Å². The summed E-state index contributed by atoms with van der Waals surface area (Å²) in [6, 6.07) is -0.00244. The molecule has 0 saturated heterocycles. The third kappa shape index (κ3) is 5.82. The Balaban J connectivity index is 2.39. The Morgan fingerprint density at radius 1 is 1.33 bits per heavy atom. The Labute approximate surface area is 109 Å². The van der Waals surface area contributed by atoms with Crippen LogP contribution in [0.5, 0.6) is 0 Å². The maximum atomic E-state index is 11.7. The molecule has 1 aliphatic rings. The molecule has 0 heterocycles. The molecule has 106 valence electrons. The van der Waals surface area contributed by atoms with Gasteiger partial charge in [-0.3, -0.25) is 4.79 Å². The van der Waals surface area contributed by atoms with Gasteiger partial charge in [-0.05, 0) is 18.8 Å². The van der Waals surface area contributed by atoms with E-state index in [0.717, 1.165) is 19.1 Å². The smallest absolute Gasteiger partial charge is 0.221 e. The Bertz CT molecular complexity index is 362. The van der Waals surface area contributed by atoms with Crippen LogP contribution >= 0.6 is 0 Å². The van der Waals surface area contributed by atoms with Crippen molar-refractivity contribution in [2.75, 3.05) is 18.6 Å². The van der Waals surface area contributed by atoms with E-state index in [1.54, 1.807) is 0 Å². The van der Waals surface area contributed by atoms with Gasteiger partial charge >= 0.3 is 0 Å². The van der Waals surface area contributed by atoms with Crippen molar-refractivity contribution in [3.8, 4) is 0 Å². The summed E-state index contributed by atoms with van der Waals surface area (Å²) in [6.07, 6.45) is 7.03. The third-order valence-corrected chi connectivity index (χ3v) is 4.46. The van der Waals surface area contributed by atoms with Gasteiger partial charge in [0.25, 0.3) is 0 Å². The molecule has 0 bridgehead atoms. The van der Waals surface area contributed by atoms with Crippen LogP contribution in [0.4, 0.5) is 0 Å². The first-order chi connectivity index (χ1) is 8.42. The van der Waals surface area contributed by atoms with E-state index in [4.69, 9.17) is 5.73 Å². The van der Waals surface area contributed by atoms with Crippen LogP contribution in [0.1, 0.15) is 38.5 Å². The highest BCUT2D eigenvalue weighted by atomic mass is 32.2. The molecule has 18 heavy (non-hydrogen) atoms. The van der Waals surface area contributed by atoms with Gasteiger partial charge in [-0.1, -0.05) is 19.3 Å². The number of carbonyl (C=O) groups is 1. The fraction of sp³-hybridized carbons (Fsp3) is 0.917. The maximum Gasteiger partial charge on any atom is 0.221 e. The van der Waals surface area contributed by atoms with Crippen molar-refractivity contribution in [1.29, 1.82) is 0 Å². The lowest BCUT2D eigenvalue weighted by atomic mass is 9.84. The molecule has 0 radical (unpaired) electrons. The minimum atomic E-state index is -3.08. The molecule has 1 saturated carbocycles. The summed E-state index contributed by atoms with van der Waals surface area (Å²) < 4.78 is 22.0. The van der Waals surface area contributed by atoms with E-state index in [1.165, 1.54) is 19.3 Å². The summed E-state index contributed by atoms with van der Waals surface area (Å²) in [4.78, 5) is 11.7. The van der Waals surface area contributed by atoms with Gasteiger partial charge in [0.2, 0.25) is 5.91 Å². The Kier molecular flexibility index (Phi) is 6.08. The van der Waals surface area contributed by atoms with Crippen LogP contribution < -0.4 is 11.1 Å². The number of hydrogen-bond acceptors (Lipinski definition) is 4. The highest BCUT2D eigenvalue weighted by Crippen LogP contribution is 2.26. The van der Waals surface area contributed by atoms with Crippen LogP contribution in [0.25, 0.3) is 0 Å². The van der Waals surface area contributed by atoms with Crippen molar-refractivity contribution in [3.05, 3.63) is 0 Å². The van der Waals surface area contributed by atoms with E-state index >= 15 is 0 Å². The number of rotatable bonds is 6. The van der Waals surface area contributed by atoms with Gasteiger partial charge in [-0.2, -0.15) is 0 Å². The molecule has 1 unspecified atom stereocenters. The fourth-order valence-corrected chi connectivity index (χ4v) is 3.02. The monoisotopic (exact) mass is 276 g/mol. The van der Waals surface area contributed by atoms with E-state index < -0.39 is 9.84 Å². The van der Waals surface area contributed by atoms with Gasteiger partial charge in [0, 0.05) is 25.3 Å². The second-order valence-electron chi connectivity index (χ2n) is 5.19. The number of sulfone groups is 1. The summed E-state index contributed by atoms with van der Waals surface area (Å²) in [7, 11) is -3.08. The van der Waals surface area contributed by atoms with E-state index in [9.17, 15) is 13.2 Å². The second-order valence-corrected chi connectivity index (χ2v) is 7.45. The molecular weight excluding hydrogens is 252 g/mol. The highest BCUT2D eigenvalue weighted by molar-refractivity contribution is 7.90. The second kappa shape index (κ2) is 7.09. The molecule has 3 N–H and O–H groups in total. The van der Waals surface area contributed by atoms with Crippen LogP contribution in [0.3, 0.4) is 0 Å². The van der Waals surface area contributed by atoms with E-state index in [2.05, 4.69) is 5.32 Å². The molecule has 1 atom stereocenters. The molecule has 0 spiro atoms. The van der Waals surface area contributed by atoms with Crippen LogP contribution in [-0.2, 0) is 14.6 Å². The van der Waals surface area contributed by atoms with E-state index in [-0.39, 0.29) is 24.1 Å². The van der Waals surface area contributed by atoms with Crippen molar-refractivity contribution in [3.63, 3.8) is 0 Å². The number of nitrogens with one attached hydrogen (secondary N) is 1. The summed E-state index contributed by atoms with van der Waals surface area (Å²) >= 11 is 0. The lowest BCUT2D eigenvalue weighted by Gasteiger charge is -2.30. The van der Waals surface area contributed by atoms with Crippen molar-refractivity contribution in [2.24, 2.45) is 11.7 Å². The topological polar surface area (TPSA) is 89.3 Å².